The fourth-order valence-corrected chi connectivity index (χ4v) is 2.60. The van der Waals surface area contributed by atoms with Gasteiger partial charge in [-0.05, 0) is 30.9 Å². The highest BCUT2D eigenvalue weighted by Crippen LogP contribution is 2.28. The van der Waals surface area contributed by atoms with Crippen LogP contribution in [0, 0.1) is 6.92 Å². The lowest BCUT2D eigenvalue weighted by Crippen LogP contribution is -2.31. The Balaban J connectivity index is 2.31. The highest BCUT2D eigenvalue weighted by Gasteiger charge is 2.38. The van der Waals surface area contributed by atoms with Crippen LogP contribution in [0.4, 0.5) is 0 Å². The summed E-state index contributed by atoms with van der Waals surface area (Å²) in [6.07, 6.45) is 1.89. The van der Waals surface area contributed by atoms with E-state index in [0.29, 0.717) is 0 Å². The first-order valence-corrected chi connectivity index (χ1v) is 6.81. The summed E-state index contributed by atoms with van der Waals surface area (Å²) >= 11 is 0. The van der Waals surface area contributed by atoms with Crippen LogP contribution in [0.5, 0.6) is 0 Å². The summed E-state index contributed by atoms with van der Waals surface area (Å²) in [6, 6.07) is 8.27. The monoisotopic (exact) mass is 246 g/mol. The summed E-state index contributed by atoms with van der Waals surface area (Å²) in [7, 11) is 0. The number of hydrogen-bond donors (Lipinski definition) is 1. The number of carbonyl (C=O) groups is 1. The van der Waals surface area contributed by atoms with Crippen molar-refractivity contribution < 1.29 is 4.79 Å². The molecule has 18 heavy (non-hydrogen) atoms. The van der Waals surface area contributed by atoms with E-state index in [1.54, 1.807) is 0 Å². The zero-order chi connectivity index (χ0) is 13.1. The molecule has 1 aromatic carbocycles. The van der Waals surface area contributed by atoms with Crippen molar-refractivity contribution in [1.29, 1.82) is 0 Å². The topological polar surface area (TPSA) is 32.3 Å². The summed E-state index contributed by atoms with van der Waals surface area (Å²) in [5.41, 5.74) is 2.45. The molecule has 3 heteroatoms. The smallest absolute Gasteiger partial charge is 0.241 e. The second-order valence-electron chi connectivity index (χ2n) is 4.92. The summed E-state index contributed by atoms with van der Waals surface area (Å²) in [5.74, 6) is 0.243. The number of hydrogen-bond acceptors (Lipinski definition) is 2. The van der Waals surface area contributed by atoms with Crippen molar-refractivity contribution in [3.63, 3.8) is 0 Å². The van der Waals surface area contributed by atoms with Gasteiger partial charge in [0.05, 0.1) is 6.04 Å². The Bertz CT molecular complexity index is 430. The van der Waals surface area contributed by atoms with E-state index in [2.05, 4.69) is 38.2 Å². The third-order valence-corrected chi connectivity index (χ3v) is 3.61. The van der Waals surface area contributed by atoms with Gasteiger partial charge in [-0.25, -0.2) is 0 Å². The number of amides is 1. The molecule has 3 nitrogen and oxygen atoms in total. The number of rotatable bonds is 4. The number of carbonyl (C=O) groups excluding carboxylic acids is 1. The third kappa shape index (κ3) is 2.27. The molecule has 1 aliphatic heterocycles. The van der Waals surface area contributed by atoms with E-state index < -0.39 is 0 Å². The summed E-state index contributed by atoms with van der Waals surface area (Å²) in [4.78, 5) is 14.3. The minimum Gasteiger partial charge on any atom is -0.322 e. The first-order valence-electron chi connectivity index (χ1n) is 6.81. The number of nitrogens with zero attached hydrogens (tertiary/aromatic N) is 1. The van der Waals surface area contributed by atoms with Gasteiger partial charge >= 0.3 is 0 Å². The highest BCUT2D eigenvalue weighted by molar-refractivity contribution is 5.84. The van der Waals surface area contributed by atoms with E-state index in [1.807, 2.05) is 17.0 Å². The predicted octanol–water partition coefficient (Wildman–Crippen LogP) is 2.61. The molecule has 0 bridgehead atoms. The lowest BCUT2D eigenvalue weighted by atomic mass is 10.1. The fourth-order valence-electron chi connectivity index (χ4n) is 2.60. The van der Waals surface area contributed by atoms with E-state index >= 15 is 0 Å². The van der Waals surface area contributed by atoms with Gasteiger partial charge in [0.1, 0.15) is 6.17 Å². The van der Waals surface area contributed by atoms with E-state index in [9.17, 15) is 4.79 Å². The average Bonchev–Trinajstić information content (AvgIpc) is 2.68. The van der Waals surface area contributed by atoms with E-state index in [4.69, 9.17) is 0 Å². The van der Waals surface area contributed by atoms with Gasteiger partial charge in [-0.1, -0.05) is 38.1 Å². The van der Waals surface area contributed by atoms with Gasteiger partial charge in [0.25, 0.3) is 0 Å². The van der Waals surface area contributed by atoms with E-state index in [0.717, 1.165) is 19.4 Å². The molecule has 1 aromatic rings. The molecule has 2 rings (SSSR count). The van der Waals surface area contributed by atoms with Crippen molar-refractivity contribution in [3.8, 4) is 0 Å². The molecule has 0 spiro atoms. The molecule has 1 saturated heterocycles. The van der Waals surface area contributed by atoms with Crippen LogP contribution in [0.3, 0.4) is 0 Å². The van der Waals surface area contributed by atoms with Crippen molar-refractivity contribution in [3.05, 3.63) is 35.4 Å². The van der Waals surface area contributed by atoms with Gasteiger partial charge in [-0.3, -0.25) is 10.1 Å². The largest absolute Gasteiger partial charge is 0.322 e. The van der Waals surface area contributed by atoms with Gasteiger partial charge < -0.3 is 4.90 Å². The molecule has 1 amide bonds. The molecule has 98 valence electrons. The van der Waals surface area contributed by atoms with Gasteiger partial charge in [0.2, 0.25) is 5.91 Å². The minimum atomic E-state index is -0.0267. The van der Waals surface area contributed by atoms with Crippen LogP contribution in [-0.2, 0) is 4.79 Å². The molecule has 0 saturated carbocycles. The Hall–Kier alpha value is -1.35. The Morgan fingerprint density at radius 3 is 2.61 bits per heavy atom. The summed E-state index contributed by atoms with van der Waals surface area (Å²) in [5, 5.41) is 3.46. The molecule has 0 aliphatic carbocycles. The standard InChI is InChI=1S/C15H22N2O/c1-4-10-17-14(16-13(5-2)15(17)18)12-9-7-6-8-11(12)3/h6-9,13-14,16H,4-5,10H2,1-3H3. The Labute approximate surface area is 109 Å². The Morgan fingerprint density at radius 1 is 1.28 bits per heavy atom. The second kappa shape index (κ2) is 5.53. The Morgan fingerprint density at radius 2 is 2.00 bits per heavy atom. The molecular weight excluding hydrogens is 224 g/mol. The predicted molar refractivity (Wildman–Crippen MR) is 73.1 cm³/mol. The first-order chi connectivity index (χ1) is 8.69. The van der Waals surface area contributed by atoms with Gasteiger partial charge in [-0.15, -0.1) is 0 Å². The SMILES string of the molecule is CCCN1C(=O)C(CC)NC1c1ccccc1C. The van der Waals surface area contributed by atoms with Crippen molar-refractivity contribution in [2.75, 3.05) is 6.54 Å². The normalized spacial score (nSPS) is 23.7. The molecule has 1 fully saturated rings. The zero-order valence-electron chi connectivity index (χ0n) is 11.4. The van der Waals surface area contributed by atoms with Crippen LogP contribution in [0.2, 0.25) is 0 Å². The molecule has 1 N–H and O–H groups in total. The fraction of sp³-hybridized carbons (Fsp3) is 0.533. The summed E-state index contributed by atoms with van der Waals surface area (Å²) < 4.78 is 0. The van der Waals surface area contributed by atoms with Crippen LogP contribution >= 0.6 is 0 Å². The van der Waals surface area contributed by atoms with E-state index in [1.165, 1.54) is 11.1 Å². The molecular formula is C15H22N2O. The van der Waals surface area contributed by atoms with Crippen molar-refractivity contribution in [2.45, 2.75) is 45.8 Å². The second-order valence-corrected chi connectivity index (χ2v) is 4.92. The lowest BCUT2D eigenvalue weighted by molar-refractivity contribution is -0.130. The number of benzene rings is 1. The third-order valence-electron chi connectivity index (χ3n) is 3.61. The summed E-state index contributed by atoms with van der Waals surface area (Å²) in [6.45, 7) is 7.09. The maximum atomic E-state index is 12.3. The molecule has 0 radical (unpaired) electrons. The first kappa shape index (κ1) is 13.1. The molecule has 1 heterocycles. The van der Waals surface area contributed by atoms with Crippen LogP contribution in [-0.4, -0.2) is 23.4 Å². The molecule has 0 aromatic heterocycles. The molecule has 2 atom stereocenters. The molecule has 2 unspecified atom stereocenters. The molecule has 1 aliphatic rings. The number of aryl methyl sites for hydroxylation is 1. The number of nitrogens with one attached hydrogen (secondary N) is 1. The average molecular weight is 246 g/mol. The van der Waals surface area contributed by atoms with Crippen LogP contribution in [0.25, 0.3) is 0 Å². The van der Waals surface area contributed by atoms with E-state index in [-0.39, 0.29) is 18.1 Å². The van der Waals surface area contributed by atoms with Crippen LogP contribution in [0.1, 0.15) is 44.0 Å². The van der Waals surface area contributed by atoms with Gasteiger partial charge in [0.15, 0.2) is 0 Å². The zero-order valence-corrected chi connectivity index (χ0v) is 11.4. The Kier molecular flexibility index (Phi) is 4.02. The maximum Gasteiger partial charge on any atom is 0.241 e. The lowest BCUT2D eigenvalue weighted by Gasteiger charge is -2.25. The maximum absolute atomic E-state index is 12.3. The van der Waals surface area contributed by atoms with Crippen molar-refractivity contribution >= 4 is 5.91 Å². The van der Waals surface area contributed by atoms with Crippen molar-refractivity contribution in [1.82, 2.24) is 10.2 Å². The van der Waals surface area contributed by atoms with Gasteiger partial charge in [0, 0.05) is 6.54 Å². The van der Waals surface area contributed by atoms with Gasteiger partial charge in [-0.2, -0.15) is 0 Å². The van der Waals surface area contributed by atoms with Crippen LogP contribution < -0.4 is 5.32 Å². The van der Waals surface area contributed by atoms with Crippen molar-refractivity contribution in [2.24, 2.45) is 0 Å². The minimum absolute atomic E-state index is 0.0267. The highest BCUT2D eigenvalue weighted by atomic mass is 16.2. The quantitative estimate of drug-likeness (QED) is 0.885. The van der Waals surface area contributed by atoms with Crippen LogP contribution in [0.15, 0.2) is 24.3 Å².